The van der Waals surface area contributed by atoms with Gasteiger partial charge in [-0.3, -0.25) is 4.79 Å². The van der Waals surface area contributed by atoms with E-state index in [1.165, 1.54) is 11.1 Å². The molecule has 0 saturated carbocycles. The van der Waals surface area contributed by atoms with Gasteiger partial charge in [0.1, 0.15) is 5.75 Å². The van der Waals surface area contributed by atoms with E-state index in [1.54, 1.807) is 14.0 Å². The summed E-state index contributed by atoms with van der Waals surface area (Å²) in [6.07, 6.45) is 2.16. The van der Waals surface area contributed by atoms with E-state index in [9.17, 15) is 4.79 Å². The maximum absolute atomic E-state index is 12.1. The Kier molecular flexibility index (Phi) is 3.21. The lowest BCUT2D eigenvalue weighted by Gasteiger charge is -2.42. The number of methoxy groups -OCH3 is 1. The molecule has 1 amide bonds. The van der Waals surface area contributed by atoms with Crippen LogP contribution < -0.4 is 15.0 Å². The molecule has 108 valence electrons. The lowest BCUT2D eigenvalue weighted by Crippen LogP contribution is -2.47. The van der Waals surface area contributed by atoms with Crippen LogP contribution in [0.5, 0.6) is 5.75 Å². The molecule has 4 nitrogen and oxygen atoms in total. The van der Waals surface area contributed by atoms with Gasteiger partial charge in [0.15, 0.2) is 0 Å². The first-order valence-electron chi connectivity index (χ1n) is 7.22. The van der Waals surface area contributed by atoms with E-state index in [0.29, 0.717) is 0 Å². The molecule has 0 radical (unpaired) electrons. The summed E-state index contributed by atoms with van der Waals surface area (Å²) >= 11 is 0. The number of hydrogen-bond acceptors (Lipinski definition) is 3. The first kappa shape index (κ1) is 13.4. The number of amides is 1. The van der Waals surface area contributed by atoms with E-state index in [1.807, 2.05) is 11.0 Å². The lowest BCUT2D eigenvalue weighted by molar-refractivity contribution is -0.117. The number of fused-ring (bicyclic) bond motifs is 1. The van der Waals surface area contributed by atoms with Crippen LogP contribution in [0.2, 0.25) is 0 Å². The van der Waals surface area contributed by atoms with Gasteiger partial charge in [0.2, 0.25) is 5.91 Å². The molecule has 0 bridgehead atoms. The van der Waals surface area contributed by atoms with Gasteiger partial charge in [0.25, 0.3) is 0 Å². The molecule has 2 aliphatic rings. The van der Waals surface area contributed by atoms with Crippen LogP contribution in [0.25, 0.3) is 0 Å². The van der Waals surface area contributed by atoms with E-state index < -0.39 is 0 Å². The summed E-state index contributed by atoms with van der Waals surface area (Å²) in [4.78, 5) is 14.0. The summed E-state index contributed by atoms with van der Waals surface area (Å²) in [6.45, 7) is 6.60. The first-order valence-corrected chi connectivity index (χ1v) is 7.22. The van der Waals surface area contributed by atoms with Crippen LogP contribution in [0.1, 0.15) is 24.5 Å². The minimum atomic E-state index is 0.0983. The highest BCUT2D eigenvalue weighted by Gasteiger charge is 2.42. The molecule has 1 saturated heterocycles. The zero-order valence-corrected chi connectivity index (χ0v) is 12.5. The van der Waals surface area contributed by atoms with Crippen molar-refractivity contribution in [3.63, 3.8) is 0 Å². The second kappa shape index (κ2) is 4.77. The molecule has 4 heteroatoms. The summed E-state index contributed by atoms with van der Waals surface area (Å²) in [7, 11) is 1.67. The zero-order valence-electron chi connectivity index (χ0n) is 12.5. The number of nitrogens with zero attached hydrogens (tertiary/aromatic N) is 1. The topological polar surface area (TPSA) is 41.6 Å². The molecule has 2 aliphatic heterocycles. The molecule has 1 spiro atoms. The highest BCUT2D eigenvalue weighted by Crippen LogP contribution is 2.45. The number of hydrogen-bond donors (Lipinski definition) is 1. The fourth-order valence-corrected chi connectivity index (χ4v) is 3.59. The van der Waals surface area contributed by atoms with Gasteiger partial charge in [-0.1, -0.05) is 6.07 Å². The SMILES string of the molecule is COc1ccc(C)c2c1N(C(C)=O)CC1(CCNC1)C2. The number of anilines is 1. The van der Waals surface area contributed by atoms with Crippen molar-refractivity contribution in [2.24, 2.45) is 5.41 Å². The molecule has 1 fully saturated rings. The van der Waals surface area contributed by atoms with Crippen LogP contribution in [-0.2, 0) is 11.2 Å². The minimum Gasteiger partial charge on any atom is -0.495 e. The highest BCUT2D eigenvalue weighted by atomic mass is 16.5. The fourth-order valence-electron chi connectivity index (χ4n) is 3.59. The van der Waals surface area contributed by atoms with E-state index >= 15 is 0 Å². The maximum Gasteiger partial charge on any atom is 0.223 e. The fraction of sp³-hybridized carbons (Fsp3) is 0.562. The van der Waals surface area contributed by atoms with E-state index in [2.05, 4.69) is 18.3 Å². The Morgan fingerprint density at radius 3 is 2.85 bits per heavy atom. The number of carbonyl (C=O) groups excluding carboxylic acids is 1. The predicted octanol–water partition coefficient (Wildman–Crippen LogP) is 1.89. The summed E-state index contributed by atoms with van der Waals surface area (Å²) < 4.78 is 5.49. The Morgan fingerprint density at radius 1 is 1.45 bits per heavy atom. The number of carbonyl (C=O) groups is 1. The van der Waals surface area contributed by atoms with Gasteiger partial charge < -0.3 is 15.0 Å². The van der Waals surface area contributed by atoms with Crippen molar-refractivity contribution in [2.45, 2.75) is 26.7 Å². The Bertz CT molecular complexity index is 548. The number of benzene rings is 1. The molecular formula is C16H22N2O2. The third-order valence-corrected chi connectivity index (χ3v) is 4.73. The van der Waals surface area contributed by atoms with Crippen molar-refractivity contribution in [3.8, 4) is 5.75 Å². The molecule has 1 atom stereocenters. The first-order chi connectivity index (χ1) is 9.56. The number of nitrogens with one attached hydrogen (secondary N) is 1. The molecule has 20 heavy (non-hydrogen) atoms. The third kappa shape index (κ3) is 1.99. The average molecular weight is 274 g/mol. The average Bonchev–Trinajstić information content (AvgIpc) is 2.87. The zero-order chi connectivity index (χ0) is 14.3. The van der Waals surface area contributed by atoms with Gasteiger partial charge >= 0.3 is 0 Å². The van der Waals surface area contributed by atoms with Crippen LogP contribution in [-0.4, -0.2) is 32.7 Å². The van der Waals surface area contributed by atoms with Crippen LogP contribution in [0.15, 0.2) is 12.1 Å². The Morgan fingerprint density at radius 2 is 2.25 bits per heavy atom. The molecule has 0 aromatic heterocycles. The molecule has 1 unspecified atom stereocenters. The standard InChI is InChI=1S/C16H22N2O2/c1-11-4-5-14(20-3)15-13(11)8-16(6-7-17-9-16)10-18(15)12(2)19/h4-5,17H,6-10H2,1-3H3. The van der Waals surface area contributed by atoms with Gasteiger partial charge in [-0.15, -0.1) is 0 Å². The molecule has 2 heterocycles. The van der Waals surface area contributed by atoms with Crippen LogP contribution in [0, 0.1) is 12.3 Å². The molecule has 1 aromatic rings. The van der Waals surface area contributed by atoms with E-state index in [4.69, 9.17) is 4.74 Å². The smallest absolute Gasteiger partial charge is 0.223 e. The maximum atomic E-state index is 12.1. The monoisotopic (exact) mass is 274 g/mol. The summed E-state index contributed by atoms with van der Waals surface area (Å²) in [5, 5.41) is 3.45. The van der Waals surface area contributed by atoms with Gasteiger partial charge in [-0.05, 0) is 43.5 Å². The van der Waals surface area contributed by atoms with Gasteiger partial charge in [0, 0.05) is 25.4 Å². The molecule has 1 aromatic carbocycles. The second-order valence-electron chi connectivity index (χ2n) is 6.12. The quantitative estimate of drug-likeness (QED) is 0.850. The Labute approximate surface area is 120 Å². The van der Waals surface area contributed by atoms with Crippen LogP contribution in [0.3, 0.4) is 0 Å². The van der Waals surface area contributed by atoms with Gasteiger partial charge in [0.05, 0.1) is 12.8 Å². The Hall–Kier alpha value is -1.55. The van der Waals surface area contributed by atoms with Gasteiger partial charge in [-0.25, -0.2) is 0 Å². The largest absolute Gasteiger partial charge is 0.495 e. The summed E-state index contributed by atoms with van der Waals surface area (Å²) in [5.41, 5.74) is 3.69. The minimum absolute atomic E-state index is 0.0983. The van der Waals surface area contributed by atoms with Crippen molar-refractivity contribution >= 4 is 11.6 Å². The molecule has 0 aliphatic carbocycles. The molecule has 1 N–H and O–H groups in total. The van der Waals surface area contributed by atoms with Crippen molar-refractivity contribution in [2.75, 3.05) is 31.6 Å². The van der Waals surface area contributed by atoms with E-state index in [0.717, 1.165) is 43.9 Å². The molecular weight excluding hydrogens is 252 g/mol. The third-order valence-electron chi connectivity index (χ3n) is 4.73. The number of ether oxygens (including phenoxy) is 1. The predicted molar refractivity (Wildman–Crippen MR) is 79.4 cm³/mol. The van der Waals surface area contributed by atoms with Crippen molar-refractivity contribution in [1.82, 2.24) is 5.32 Å². The van der Waals surface area contributed by atoms with Crippen LogP contribution >= 0.6 is 0 Å². The summed E-state index contributed by atoms with van der Waals surface area (Å²) in [6, 6.07) is 4.06. The van der Waals surface area contributed by atoms with Crippen LogP contribution in [0.4, 0.5) is 5.69 Å². The highest BCUT2D eigenvalue weighted by molar-refractivity contribution is 5.95. The number of aryl methyl sites for hydroxylation is 1. The number of rotatable bonds is 1. The summed E-state index contributed by atoms with van der Waals surface area (Å²) in [5.74, 6) is 0.905. The lowest BCUT2D eigenvalue weighted by atomic mass is 9.75. The molecule has 3 rings (SSSR count). The van der Waals surface area contributed by atoms with Crippen molar-refractivity contribution < 1.29 is 9.53 Å². The normalized spacial score (nSPS) is 24.9. The van der Waals surface area contributed by atoms with E-state index in [-0.39, 0.29) is 11.3 Å². The second-order valence-corrected chi connectivity index (χ2v) is 6.12. The van der Waals surface area contributed by atoms with Crippen molar-refractivity contribution in [1.29, 1.82) is 0 Å². The van der Waals surface area contributed by atoms with Crippen molar-refractivity contribution in [3.05, 3.63) is 23.3 Å². The Balaban J connectivity index is 2.15. The van der Waals surface area contributed by atoms with Gasteiger partial charge in [-0.2, -0.15) is 0 Å².